The van der Waals surface area contributed by atoms with Crippen LogP contribution in [0.1, 0.15) is 33.6 Å². The Labute approximate surface area is 241 Å². The third-order valence-corrected chi connectivity index (χ3v) is 7.40. The molecule has 0 atom stereocenters. The molecule has 43 heavy (non-hydrogen) atoms. The summed E-state index contributed by atoms with van der Waals surface area (Å²) in [4.78, 5) is 25.7. The Hall–Kier alpha value is -6.43. The second-order valence-electron chi connectivity index (χ2n) is 9.87. The lowest BCUT2D eigenvalue weighted by atomic mass is 10.0. The van der Waals surface area contributed by atoms with Gasteiger partial charge in [0.25, 0.3) is 11.4 Å². The summed E-state index contributed by atoms with van der Waals surface area (Å²) in [5, 5.41) is 19.3. The van der Waals surface area contributed by atoms with E-state index in [0.29, 0.717) is 50.2 Å². The highest BCUT2D eigenvalue weighted by Gasteiger charge is 2.36. The molecule has 200 valence electrons. The van der Waals surface area contributed by atoms with Crippen molar-refractivity contribution in [2.24, 2.45) is 0 Å². The van der Waals surface area contributed by atoms with Gasteiger partial charge < -0.3 is 0 Å². The highest BCUT2D eigenvalue weighted by Crippen LogP contribution is 2.48. The maximum absolute atomic E-state index is 13.6. The molecule has 7 rings (SSSR count). The Morgan fingerprint density at radius 3 is 1.53 bits per heavy atom. The van der Waals surface area contributed by atoms with Gasteiger partial charge in [-0.2, -0.15) is 13.2 Å². The van der Waals surface area contributed by atoms with Gasteiger partial charge in [-0.3, -0.25) is 0 Å². The van der Waals surface area contributed by atoms with Crippen LogP contribution in [0, 0.1) is 42.7 Å². The third-order valence-electron chi connectivity index (χ3n) is 7.40. The number of fused-ring (bicyclic) bond motifs is 8. The van der Waals surface area contributed by atoms with Crippen LogP contribution in [0.5, 0.6) is 0 Å². The predicted molar refractivity (Wildman–Crippen MR) is 150 cm³/mol. The van der Waals surface area contributed by atoms with E-state index in [2.05, 4.69) is 14.7 Å². The molecule has 0 unspecified atom stereocenters. The molecular weight excluding hydrogens is 553 g/mol. The number of halogens is 3. The zero-order valence-electron chi connectivity index (χ0n) is 21.8. The van der Waals surface area contributed by atoms with Gasteiger partial charge >= 0.3 is 6.18 Å². The molecule has 5 aromatic rings. The van der Waals surface area contributed by atoms with Gasteiger partial charge in [0.2, 0.25) is 0 Å². The molecule has 0 saturated heterocycles. The molecular formula is C32H11F3N8. The molecule has 2 aliphatic rings. The molecule has 0 N–H and O–H groups in total. The Kier molecular flexibility index (Phi) is 5.22. The average molecular weight is 564 g/mol. The van der Waals surface area contributed by atoms with Gasteiger partial charge in [-0.15, -0.1) is 0 Å². The van der Waals surface area contributed by atoms with Crippen molar-refractivity contribution in [3.8, 4) is 34.7 Å². The molecule has 2 aromatic heterocycles. The first-order valence-electron chi connectivity index (χ1n) is 12.6. The van der Waals surface area contributed by atoms with Gasteiger partial charge in [-0.1, -0.05) is 29.8 Å². The molecule has 0 bridgehead atoms. The van der Waals surface area contributed by atoms with Gasteiger partial charge in [-0.05, 0) is 42.3 Å². The normalized spacial score (nSPS) is 15.0. The molecule has 0 spiro atoms. The van der Waals surface area contributed by atoms with Crippen LogP contribution in [0.4, 0.5) is 13.2 Å². The predicted octanol–water partition coefficient (Wildman–Crippen LogP) is 7.27. The number of allylic oxidation sites excluding steroid dienone is 2. The van der Waals surface area contributed by atoms with Crippen molar-refractivity contribution in [1.82, 2.24) is 19.9 Å². The number of aryl methyl sites for hydroxylation is 1. The van der Waals surface area contributed by atoms with Gasteiger partial charge in [0.1, 0.15) is 0 Å². The first-order chi connectivity index (χ1) is 20.7. The van der Waals surface area contributed by atoms with E-state index in [9.17, 15) is 23.7 Å². The molecule has 0 saturated carbocycles. The molecule has 2 aliphatic carbocycles. The second kappa shape index (κ2) is 8.78. The molecule has 0 fully saturated rings. The van der Waals surface area contributed by atoms with E-state index < -0.39 is 17.4 Å². The zero-order valence-corrected chi connectivity index (χ0v) is 21.8. The lowest BCUT2D eigenvalue weighted by molar-refractivity contribution is -0.137. The summed E-state index contributed by atoms with van der Waals surface area (Å²) in [6.45, 7) is 16.9. The van der Waals surface area contributed by atoms with E-state index >= 15 is 0 Å². The minimum absolute atomic E-state index is 0.00890. The fourth-order valence-electron chi connectivity index (χ4n) is 5.54. The highest BCUT2D eigenvalue weighted by atomic mass is 19.4. The summed E-state index contributed by atoms with van der Waals surface area (Å²) in [6.07, 6.45) is -4.63. The van der Waals surface area contributed by atoms with Crippen LogP contribution in [-0.2, 0) is 6.18 Å². The molecule has 2 heterocycles. The smallest absolute Gasteiger partial charge is 0.245 e. The summed E-state index contributed by atoms with van der Waals surface area (Å²) in [5.74, 6) is 0. The van der Waals surface area contributed by atoms with Crippen molar-refractivity contribution in [3.63, 3.8) is 0 Å². The SMILES string of the molecule is [C-]#[N+]/C(C#N)=C1/c2cc(C(F)(F)F)ccc2-c2nc3cc4nc5c(nc4cc3nc21)-c1ccc(C)cc1/C5=C(/C#N)[N+]#[C-]. The Bertz CT molecular complexity index is 2360. The minimum Gasteiger partial charge on any atom is -0.245 e. The van der Waals surface area contributed by atoms with E-state index in [1.165, 1.54) is 6.07 Å². The number of aromatic nitrogens is 4. The number of rotatable bonds is 0. The van der Waals surface area contributed by atoms with Crippen LogP contribution >= 0.6 is 0 Å². The van der Waals surface area contributed by atoms with Crippen LogP contribution in [0.2, 0.25) is 0 Å². The summed E-state index contributed by atoms with van der Waals surface area (Å²) in [5.41, 5.74) is 4.45. The topological polar surface area (TPSA) is 108 Å². The maximum atomic E-state index is 13.6. The molecule has 8 nitrogen and oxygen atoms in total. The summed E-state index contributed by atoms with van der Waals surface area (Å²) < 4.78 is 40.7. The van der Waals surface area contributed by atoms with Crippen molar-refractivity contribution < 1.29 is 13.2 Å². The first-order valence-corrected chi connectivity index (χ1v) is 12.6. The standard InChI is InChI=1S/C32H11F3N8/c1-14-4-6-16-18(8-14)26(24(12-36)38-2)30-28(16)40-20-10-23-21(11-22(20)42-30)41-29-17-7-5-15(32(33,34)35)9-19(17)27(31(29)43-23)25(13-37)39-3/h4-11H,1H3/b26-24+,27-25-. The van der Waals surface area contributed by atoms with E-state index in [1.807, 2.05) is 31.2 Å². The summed E-state index contributed by atoms with van der Waals surface area (Å²) >= 11 is 0. The fraction of sp³-hybridized carbons (Fsp3) is 0.0625. The number of benzene rings is 3. The third kappa shape index (κ3) is 3.60. The summed E-state index contributed by atoms with van der Waals surface area (Å²) in [6, 6.07) is 15.7. The average Bonchev–Trinajstić information content (AvgIpc) is 3.46. The van der Waals surface area contributed by atoms with Crippen LogP contribution in [0.15, 0.2) is 59.9 Å². The maximum Gasteiger partial charge on any atom is 0.416 e. The molecule has 0 aliphatic heterocycles. The van der Waals surface area contributed by atoms with Gasteiger partial charge in [0.15, 0.2) is 0 Å². The molecule has 0 amide bonds. The highest BCUT2D eigenvalue weighted by molar-refractivity contribution is 6.06. The molecule has 3 aromatic carbocycles. The number of alkyl halides is 3. The van der Waals surface area contributed by atoms with E-state index in [4.69, 9.17) is 28.1 Å². The van der Waals surface area contributed by atoms with E-state index in [0.717, 1.165) is 23.3 Å². The van der Waals surface area contributed by atoms with Crippen LogP contribution in [-0.4, -0.2) is 19.9 Å². The Morgan fingerprint density at radius 2 is 1.09 bits per heavy atom. The van der Waals surface area contributed by atoms with Gasteiger partial charge in [-0.25, -0.2) is 40.1 Å². The largest absolute Gasteiger partial charge is 0.416 e. The quantitative estimate of drug-likeness (QED) is 0.109. The van der Waals surface area contributed by atoms with E-state index in [1.54, 1.807) is 18.2 Å². The zero-order chi connectivity index (χ0) is 30.2. The Morgan fingerprint density at radius 1 is 0.651 bits per heavy atom. The van der Waals surface area contributed by atoms with Crippen molar-refractivity contribution in [1.29, 1.82) is 10.5 Å². The number of nitrogens with zero attached hydrogens (tertiary/aromatic N) is 8. The van der Waals surface area contributed by atoms with Crippen molar-refractivity contribution in [2.75, 3.05) is 0 Å². The van der Waals surface area contributed by atoms with E-state index in [-0.39, 0.29) is 28.2 Å². The summed E-state index contributed by atoms with van der Waals surface area (Å²) in [7, 11) is 0. The minimum atomic E-state index is -4.63. The van der Waals surface area contributed by atoms with Crippen molar-refractivity contribution in [3.05, 3.63) is 116 Å². The number of hydrogen-bond donors (Lipinski definition) is 0. The van der Waals surface area contributed by atoms with Crippen LogP contribution < -0.4 is 0 Å². The van der Waals surface area contributed by atoms with Crippen LogP contribution in [0.3, 0.4) is 0 Å². The Balaban J connectivity index is 1.51. The van der Waals surface area contributed by atoms with Gasteiger partial charge in [0, 0.05) is 22.3 Å². The van der Waals surface area contributed by atoms with Gasteiger partial charge in [0.05, 0.1) is 75.7 Å². The lowest BCUT2D eigenvalue weighted by Crippen LogP contribution is -2.05. The van der Waals surface area contributed by atoms with Crippen molar-refractivity contribution in [2.45, 2.75) is 13.1 Å². The monoisotopic (exact) mass is 564 g/mol. The second-order valence-corrected chi connectivity index (χ2v) is 9.87. The lowest BCUT2D eigenvalue weighted by Gasteiger charge is -2.09. The number of hydrogen-bond acceptors (Lipinski definition) is 6. The first kappa shape index (κ1) is 25.5. The number of nitriles is 2. The van der Waals surface area contributed by atoms with Crippen LogP contribution in [0.25, 0.3) is 65.4 Å². The molecule has 11 heteroatoms. The molecule has 0 radical (unpaired) electrons. The fourth-order valence-corrected chi connectivity index (χ4v) is 5.54. The van der Waals surface area contributed by atoms with Crippen molar-refractivity contribution >= 4 is 33.2 Å².